The molecule has 2 aliphatic rings. The molecule has 0 unspecified atom stereocenters. The zero-order chi connectivity index (χ0) is 15.7. The van der Waals surface area contributed by atoms with E-state index < -0.39 is 0 Å². The number of nitrogens with zero attached hydrogens (tertiary/aromatic N) is 2. The van der Waals surface area contributed by atoms with Crippen molar-refractivity contribution in [3.8, 4) is 11.3 Å². The van der Waals surface area contributed by atoms with E-state index in [2.05, 4.69) is 33.5 Å². The third kappa shape index (κ3) is 2.48. The first-order chi connectivity index (χ1) is 11.3. The molecule has 0 saturated heterocycles. The third-order valence-electron chi connectivity index (χ3n) is 5.64. The van der Waals surface area contributed by atoms with Crippen LogP contribution in [0.1, 0.15) is 38.2 Å². The van der Waals surface area contributed by atoms with Gasteiger partial charge < -0.3 is 10.1 Å². The Labute approximate surface area is 136 Å². The maximum Gasteiger partial charge on any atom is 0.0710 e. The van der Waals surface area contributed by atoms with Gasteiger partial charge in [0.15, 0.2) is 0 Å². The minimum atomic E-state index is 0.397. The highest BCUT2D eigenvalue weighted by atomic mass is 16.5. The second-order valence-electron chi connectivity index (χ2n) is 6.71. The number of aromatic amines is 1. The molecule has 4 rings (SSSR count). The molecule has 0 amide bonds. The average molecular weight is 312 g/mol. The predicted molar refractivity (Wildman–Crippen MR) is 88.8 cm³/mol. The SMILES string of the molecule is CCO[C@H]1C[C@@H](NCc2cn[nH]c2-c2cccnc2)C12CCC2. The number of pyridine rings is 1. The highest BCUT2D eigenvalue weighted by Crippen LogP contribution is 2.57. The monoisotopic (exact) mass is 312 g/mol. The topological polar surface area (TPSA) is 62.8 Å². The van der Waals surface area contributed by atoms with Gasteiger partial charge in [-0.3, -0.25) is 10.1 Å². The summed E-state index contributed by atoms with van der Waals surface area (Å²) < 4.78 is 5.93. The van der Waals surface area contributed by atoms with Gasteiger partial charge in [-0.2, -0.15) is 5.10 Å². The van der Waals surface area contributed by atoms with E-state index in [-0.39, 0.29) is 0 Å². The van der Waals surface area contributed by atoms with Gasteiger partial charge in [0.25, 0.3) is 0 Å². The molecule has 23 heavy (non-hydrogen) atoms. The summed E-state index contributed by atoms with van der Waals surface area (Å²) in [5.41, 5.74) is 3.75. The fourth-order valence-electron chi connectivity index (χ4n) is 4.16. The molecular formula is C18H24N4O. The maximum absolute atomic E-state index is 5.93. The first-order valence-corrected chi connectivity index (χ1v) is 8.61. The minimum Gasteiger partial charge on any atom is -0.378 e. The van der Waals surface area contributed by atoms with Gasteiger partial charge >= 0.3 is 0 Å². The van der Waals surface area contributed by atoms with Crippen molar-refractivity contribution in [3.05, 3.63) is 36.3 Å². The highest BCUT2D eigenvalue weighted by molar-refractivity contribution is 5.61. The molecule has 5 heteroatoms. The number of ether oxygens (including phenoxy) is 1. The molecule has 2 atom stereocenters. The zero-order valence-electron chi connectivity index (χ0n) is 13.6. The van der Waals surface area contributed by atoms with E-state index in [1.54, 1.807) is 6.20 Å². The van der Waals surface area contributed by atoms with Gasteiger partial charge in [-0.1, -0.05) is 6.42 Å². The molecule has 2 saturated carbocycles. The number of hydrogen-bond donors (Lipinski definition) is 2. The largest absolute Gasteiger partial charge is 0.378 e. The molecule has 122 valence electrons. The number of aromatic nitrogens is 3. The van der Waals surface area contributed by atoms with Crippen molar-refractivity contribution in [3.63, 3.8) is 0 Å². The molecule has 2 N–H and O–H groups in total. The summed E-state index contributed by atoms with van der Waals surface area (Å²) in [6.45, 7) is 3.76. The summed E-state index contributed by atoms with van der Waals surface area (Å²) in [4.78, 5) is 4.20. The van der Waals surface area contributed by atoms with Gasteiger partial charge in [-0.25, -0.2) is 0 Å². The normalized spacial score (nSPS) is 25.1. The Hall–Kier alpha value is -1.72. The van der Waals surface area contributed by atoms with Gasteiger partial charge in [-0.15, -0.1) is 0 Å². The fraction of sp³-hybridized carbons (Fsp3) is 0.556. The first-order valence-electron chi connectivity index (χ1n) is 8.61. The lowest BCUT2D eigenvalue weighted by molar-refractivity contribution is -0.173. The number of rotatable bonds is 6. The van der Waals surface area contributed by atoms with E-state index in [1.807, 2.05) is 18.5 Å². The predicted octanol–water partition coefficient (Wildman–Crippen LogP) is 2.91. The van der Waals surface area contributed by atoms with E-state index in [4.69, 9.17) is 4.74 Å². The molecule has 1 spiro atoms. The summed E-state index contributed by atoms with van der Waals surface area (Å²) in [7, 11) is 0. The van der Waals surface area contributed by atoms with Crippen LogP contribution in [-0.4, -0.2) is 33.9 Å². The summed E-state index contributed by atoms with van der Waals surface area (Å²) in [5.74, 6) is 0. The Bertz CT molecular complexity index is 650. The Morgan fingerprint density at radius 1 is 1.39 bits per heavy atom. The smallest absolute Gasteiger partial charge is 0.0710 e. The van der Waals surface area contributed by atoms with Crippen LogP contribution in [-0.2, 0) is 11.3 Å². The number of nitrogens with one attached hydrogen (secondary N) is 2. The second kappa shape index (κ2) is 6.06. The average Bonchev–Trinajstić information content (AvgIpc) is 2.98. The van der Waals surface area contributed by atoms with E-state index >= 15 is 0 Å². The van der Waals surface area contributed by atoms with Crippen molar-refractivity contribution in [1.82, 2.24) is 20.5 Å². The molecule has 2 aliphatic carbocycles. The summed E-state index contributed by atoms with van der Waals surface area (Å²) in [6, 6.07) is 4.59. The van der Waals surface area contributed by atoms with Crippen LogP contribution in [0.15, 0.2) is 30.7 Å². The van der Waals surface area contributed by atoms with Crippen LogP contribution in [0.4, 0.5) is 0 Å². The van der Waals surface area contributed by atoms with Crippen LogP contribution in [0.2, 0.25) is 0 Å². The lowest BCUT2D eigenvalue weighted by Crippen LogP contribution is -2.66. The van der Waals surface area contributed by atoms with Crippen molar-refractivity contribution in [1.29, 1.82) is 0 Å². The van der Waals surface area contributed by atoms with Gasteiger partial charge in [-0.05, 0) is 38.3 Å². The first kappa shape index (κ1) is 14.8. The zero-order valence-corrected chi connectivity index (χ0v) is 13.6. The van der Waals surface area contributed by atoms with Crippen LogP contribution in [0, 0.1) is 5.41 Å². The van der Waals surface area contributed by atoms with E-state index in [0.717, 1.165) is 30.8 Å². The summed E-state index contributed by atoms with van der Waals surface area (Å²) in [5, 5.41) is 11.1. The standard InChI is InChI=1S/C18H24N4O/c1-2-23-16-9-15(18(16)6-4-7-18)20-11-14-12-21-22-17(14)13-5-3-8-19-10-13/h3,5,8,10,12,15-16,20H,2,4,6-7,9,11H2,1H3,(H,21,22)/t15-,16+/m1/s1. The molecule has 2 aromatic heterocycles. The van der Waals surface area contributed by atoms with Gasteiger partial charge in [0.1, 0.15) is 0 Å². The molecule has 2 heterocycles. The Kier molecular flexibility index (Phi) is 3.91. The molecule has 0 bridgehead atoms. The van der Waals surface area contributed by atoms with Crippen molar-refractivity contribution in [2.45, 2.75) is 51.3 Å². The van der Waals surface area contributed by atoms with Gasteiger partial charge in [0, 0.05) is 48.1 Å². The Balaban J connectivity index is 1.42. The third-order valence-corrected chi connectivity index (χ3v) is 5.64. The van der Waals surface area contributed by atoms with Gasteiger partial charge in [0.2, 0.25) is 0 Å². The highest BCUT2D eigenvalue weighted by Gasteiger charge is 2.58. The van der Waals surface area contributed by atoms with Crippen LogP contribution in [0.5, 0.6) is 0 Å². The van der Waals surface area contributed by atoms with Crippen molar-refractivity contribution in [2.24, 2.45) is 5.41 Å². The number of H-pyrrole nitrogens is 1. The maximum atomic E-state index is 5.93. The lowest BCUT2D eigenvalue weighted by Gasteiger charge is -2.61. The van der Waals surface area contributed by atoms with E-state index in [0.29, 0.717) is 17.6 Å². The summed E-state index contributed by atoms with van der Waals surface area (Å²) >= 11 is 0. The molecular weight excluding hydrogens is 288 g/mol. The van der Waals surface area contributed by atoms with E-state index in [1.165, 1.54) is 24.8 Å². The van der Waals surface area contributed by atoms with Crippen molar-refractivity contribution < 1.29 is 4.74 Å². The van der Waals surface area contributed by atoms with E-state index in [9.17, 15) is 0 Å². The van der Waals surface area contributed by atoms with Crippen LogP contribution in [0.3, 0.4) is 0 Å². The number of hydrogen-bond acceptors (Lipinski definition) is 4. The van der Waals surface area contributed by atoms with Crippen LogP contribution in [0.25, 0.3) is 11.3 Å². The summed E-state index contributed by atoms with van der Waals surface area (Å²) in [6.07, 6.45) is 11.1. The van der Waals surface area contributed by atoms with Crippen LogP contribution < -0.4 is 5.32 Å². The molecule has 0 aromatic carbocycles. The second-order valence-corrected chi connectivity index (χ2v) is 6.71. The quantitative estimate of drug-likeness (QED) is 0.861. The van der Waals surface area contributed by atoms with Crippen molar-refractivity contribution in [2.75, 3.05) is 6.61 Å². The molecule has 2 fully saturated rings. The molecule has 0 aliphatic heterocycles. The molecule has 0 radical (unpaired) electrons. The fourth-order valence-corrected chi connectivity index (χ4v) is 4.16. The Morgan fingerprint density at radius 3 is 3.00 bits per heavy atom. The van der Waals surface area contributed by atoms with Crippen molar-refractivity contribution >= 4 is 0 Å². The molecule has 5 nitrogen and oxygen atoms in total. The lowest BCUT2D eigenvalue weighted by atomic mass is 9.51. The Morgan fingerprint density at radius 2 is 2.30 bits per heavy atom. The molecule has 2 aromatic rings. The van der Waals surface area contributed by atoms with Crippen LogP contribution >= 0.6 is 0 Å². The van der Waals surface area contributed by atoms with Gasteiger partial charge in [0.05, 0.1) is 18.0 Å². The minimum absolute atomic E-state index is 0.397.